The van der Waals surface area contributed by atoms with Crippen LogP contribution in [0.2, 0.25) is 0 Å². The minimum absolute atomic E-state index is 0.305. The molecular formula is C6H11O4P. The maximum absolute atomic E-state index is 10.2. The molecule has 0 aliphatic rings. The van der Waals surface area contributed by atoms with E-state index in [1.807, 2.05) is 0 Å². The molecule has 0 radical (unpaired) electrons. The molecule has 11 heavy (non-hydrogen) atoms. The van der Waals surface area contributed by atoms with E-state index in [9.17, 15) is 9.59 Å². The lowest BCUT2D eigenvalue weighted by Crippen LogP contribution is -2.00. The molecular weight excluding hydrogens is 167 g/mol. The van der Waals surface area contributed by atoms with Crippen molar-refractivity contribution in [2.45, 2.75) is 13.8 Å². The van der Waals surface area contributed by atoms with Crippen LogP contribution in [-0.2, 0) is 19.1 Å². The molecule has 0 aromatic carbocycles. The first-order valence-electron chi connectivity index (χ1n) is 3.10. The van der Waals surface area contributed by atoms with Crippen molar-refractivity contribution in [2.75, 3.05) is 12.7 Å². The molecule has 0 N–H and O–H groups in total. The Morgan fingerprint density at radius 2 is 1.45 bits per heavy atom. The zero-order chi connectivity index (χ0) is 8.69. The number of hydrogen-bond donors (Lipinski definition) is 0. The molecule has 0 spiro atoms. The first kappa shape index (κ1) is 10.4. The van der Waals surface area contributed by atoms with Gasteiger partial charge in [-0.2, -0.15) is 0 Å². The second kappa shape index (κ2) is 6.10. The van der Waals surface area contributed by atoms with Crippen molar-refractivity contribution < 1.29 is 19.1 Å². The zero-order valence-corrected chi connectivity index (χ0v) is 7.55. The van der Waals surface area contributed by atoms with E-state index in [2.05, 4.69) is 9.47 Å². The molecule has 0 bridgehead atoms. The van der Waals surface area contributed by atoms with Crippen molar-refractivity contribution in [3.05, 3.63) is 0 Å². The van der Waals surface area contributed by atoms with E-state index in [0.29, 0.717) is 21.3 Å². The van der Waals surface area contributed by atoms with E-state index in [-0.39, 0.29) is 11.9 Å². The highest BCUT2D eigenvalue weighted by atomic mass is 31.1. The highest BCUT2D eigenvalue weighted by Crippen LogP contribution is 2.09. The van der Waals surface area contributed by atoms with Gasteiger partial charge in [-0.1, -0.05) is 0 Å². The summed E-state index contributed by atoms with van der Waals surface area (Å²) in [6.07, 6.45) is 0.672. The minimum Gasteiger partial charge on any atom is -0.461 e. The number of ether oxygens (including phenoxy) is 2. The fraction of sp³-hybridized carbons (Fsp3) is 0.667. The first-order chi connectivity index (χ1) is 5.13. The van der Waals surface area contributed by atoms with Gasteiger partial charge in [0.05, 0.1) is 0 Å². The lowest BCUT2D eigenvalue weighted by Gasteiger charge is -2.01. The van der Waals surface area contributed by atoms with Crippen molar-refractivity contribution in [1.29, 1.82) is 0 Å². The topological polar surface area (TPSA) is 52.6 Å². The fourth-order valence-electron chi connectivity index (χ4n) is 0.347. The van der Waals surface area contributed by atoms with Crippen LogP contribution in [0.3, 0.4) is 0 Å². The molecule has 64 valence electrons. The number of carbonyl (C=O) groups is 2. The number of rotatable bonds is 4. The Morgan fingerprint density at radius 3 is 1.73 bits per heavy atom. The molecule has 0 saturated carbocycles. The highest BCUT2D eigenvalue weighted by molar-refractivity contribution is 7.37. The van der Waals surface area contributed by atoms with Gasteiger partial charge in [0.15, 0.2) is 0 Å². The van der Waals surface area contributed by atoms with Gasteiger partial charge in [-0.15, -0.1) is 0 Å². The predicted molar refractivity (Wildman–Crippen MR) is 41.6 cm³/mol. The number of esters is 2. The molecule has 5 heteroatoms. The number of carbonyl (C=O) groups excluding carboxylic acids is 2. The average molecular weight is 178 g/mol. The Labute approximate surface area is 67.0 Å². The molecule has 0 rings (SSSR count). The van der Waals surface area contributed by atoms with Crippen LogP contribution >= 0.6 is 8.58 Å². The van der Waals surface area contributed by atoms with Gasteiger partial charge in [-0.25, -0.2) is 0 Å². The average Bonchev–Trinajstić information content (AvgIpc) is 1.85. The Kier molecular flexibility index (Phi) is 5.75. The van der Waals surface area contributed by atoms with Crippen molar-refractivity contribution in [2.24, 2.45) is 0 Å². The summed E-state index contributed by atoms with van der Waals surface area (Å²) in [5, 5.41) is 0. The molecule has 0 unspecified atom stereocenters. The predicted octanol–water partition coefficient (Wildman–Crippen LogP) is 0.706. The van der Waals surface area contributed by atoms with Crippen molar-refractivity contribution in [1.82, 2.24) is 0 Å². The number of hydrogen-bond acceptors (Lipinski definition) is 4. The second-order valence-electron chi connectivity index (χ2n) is 1.81. The summed E-state index contributed by atoms with van der Waals surface area (Å²) >= 11 is 0. The standard InChI is InChI=1S/C6H11O4P/c1-5(7)9-3-11-4-10-6(2)8/h11H,3-4H2,1-2H3. The van der Waals surface area contributed by atoms with Gasteiger partial charge in [0, 0.05) is 13.8 Å². The molecule has 4 nitrogen and oxygen atoms in total. The third-order valence-corrected chi connectivity index (χ3v) is 1.45. The van der Waals surface area contributed by atoms with E-state index < -0.39 is 0 Å². The van der Waals surface area contributed by atoms with Crippen molar-refractivity contribution in [3.8, 4) is 0 Å². The highest BCUT2D eigenvalue weighted by Gasteiger charge is 1.94. The second-order valence-corrected chi connectivity index (χ2v) is 2.89. The molecule has 0 aliphatic carbocycles. The molecule has 0 aromatic heterocycles. The van der Waals surface area contributed by atoms with Crippen LogP contribution in [0.25, 0.3) is 0 Å². The quantitative estimate of drug-likeness (QED) is 0.361. The Balaban J connectivity index is 3.03. The summed E-state index contributed by atoms with van der Waals surface area (Å²) < 4.78 is 9.21. The van der Waals surface area contributed by atoms with E-state index in [4.69, 9.17) is 0 Å². The Bertz CT molecular complexity index is 130. The molecule has 0 heterocycles. The molecule has 0 fully saturated rings. The molecule has 0 aromatic rings. The largest absolute Gasteiger partial charge is 0.461 e. The maximum Gasteiger partial charge on any atom is 0.302 e. The van der Waals surface area contributed by atoms with Crippen LogP contribution in [0, 0.1) is 0 Å². The summed E-state index contributed by atoms with van der Waals surface area (Å²) in [6.45, 7) is 2.69. The van der Waals surface area contributed by atoms with Crippen LogP contribution in [0.5, 0.6) is 0 Å². The summed E-state index contributed by atoms with van der Waals surface area (Å²) in [4.78, 5) is 20.4. The van der Waals surface area contributed by atoms with Crippen molar-refractivity contribution >= 4 is 20.5 Å². The summed E-state index contributed by atoms with van der Waals surface area (Å²) in [7, 11) is 0.332. The van der Waals surface area contributed by atoms with Gasteiger partial charge in [0.2, 0.25) is 0 Å². The molecule has 0 atom stereocenters. The maximum atomic E-state index is 10.2. The van der Waals surface area contributed by atoms with Gasteiger partial charge >= 0.3 is 11.9 Å². The normalized spacial score (nSPS) is 8.91. The third kappa shape index (κ3) is 9.37. The van der Waals surface area contributed by atoms with Gasteiger partial charge in [-0.3, -0.25) is 9.59 Å². The van der Waals surface area contributed by atoms with Gasteiger partial charge in [0.25, 0.3) is 0 Å². The minimum atomic E-state index is -0.305. The molecule has 0 amide bonds. The first-order valence-corrected chi connectivity index (χ1v) is 4.52. The van der Waals surface area contributed by atoms with Crippen molar-refractivity contribution in [3.63, 3.8) is 0 Å². The summed E-state index contributed by atoms with van der Waals surface area (Å²) in [5.41, 5.74) is 0. The molecule has 0 saturated heterocycles. The summed E-state index contributed by atoms with van der Waals surface area (Å²) in [5.74, 6) is -0.611. The van der Waals surface area contributed by atoms with Crippen LogP contribution < -0.4 is 0 Å². The zero-order valence-electron chi connectivity index (χ0n) is 6.55. The smallest absolute Gasteiger partial charge is 0.302 e. The lowest BCUT2D eigenvalue weighted by atomic mass is 10.8. The van der Waals surface area contributed by atoms with E-state index in [0.717, 1.165) is 0 Å². The van der Waals surface area contributed by atoms with Crippen LogP contribution in [0.1, 0.15) is 13.8 Å². The Hall–Kier alpha value is -0.630. The van der Waals surface area contributed by atoms with Crippen LogP contribution in [0.15, 0.2) is 0 Å². The van der Waals surface area contributed by atoms with E-state index in [1.165, 1.54) is 13.8 Å². The van der Waals surface area contributed by atoms with Crippen LogP contribution in [-0.4, -0.2) is 24.6 Å². The van der Waals surface area contributed by atoms with E-state index >= 15 is 0 Å². The Morgan fingerprint density at radius 1 is 1.09 bits per heavy atom. The monoisotopic (exact) mass is 178 g/mol. The lowest BCUT2D eigenvalue weighted by molar-refractivity contribution is -0.138. The van der Waals surface area contributed by atoms with Crippen LogP contribution in [0.4, 0.5) is 0 Å². The SMILES string of the molecule is CC(=O)OCPCOC(C)=O. The third-order valence-electron chi connectivity index (χ3n) is 0.755. The van der Waals surface area contributed by atoms with Gasteiger partial charge < -0.3 is 9.47 Å². The fourth-order valence-corrected chi connectivity index (χ4v) is 1.04. The van der Waals surface area contributed by atoms with Gasteiger partial charge in [0.1, 0.15) is 12.7 Å². The van der Waals surface area contributed by atoms with Gasteiger partial charge in [-0.05, 0) is 8.58 Å². The molecule has 0 aliphatic heterocycles. The summed E-state index contributed by atoms with van der Waals surface area (Å²) in [6, 6.07) is 0. The van der Waals surface area contributed by atoms with E-state index in [1.54, 1.807) is 0 Å².